The van der Waals surface area contributed by atoms with Crippen LogP contribution in [0.2, 0.25) is 0 Å². The number of hydrogen-bond acceptors (Lipinski definition) is 5. The van der Waals surface area contributed by atoms with Crippen molar-refractivity contribution < 1.29 is 13.2 Å². The number of nitrogens with zero attached hydrogens (tertiary/aromatic N) is 3. The molecule has 20 heavy (non-hydrogen) atoms. The average Bonchev–Trinajstić information content (AvgIpc) is 2.86. The first-order chi connectivity index (χ1) is 9.45. The average molecular weight is 321 g/mol. The Kier molecular flexibility index (Phi) is 6.87. The first-order valence-corrected chi connectivity index (χ1v) is 8.83. The van der Waals surface area contributed by atoms with Gasteiger partial charge in [-0.05, 0) is 24.4 Å². The van der Waals surface area contributed by atoms with Crippen LogP contribution in [0.15, 0.2) is 6.07 Å². The molecule has 0 amide bonds. The molecule has 0 aliphatic heterocycles. The zero-order valence-electron chi connectivity index (χ0n) is 12.5. The van der Waals surface area contributed by atoms with Crippen LogP contribution in [0.4, 0.5) is 0 Å². The Morgan fingerprint density at radius 2 is 1.90 bits per heavy atom. The number of hydrogen-bond donors (Lipinski definition) is 0. The monoisotopic (exact) mass is 321 g/mol. The van der Waals surface area contributed by atoms with Gasteiger partial charge in [-0.15, -0.1) is 0 Å². The summed E-state index contributed by atoms with van der Waals surface area (Å²) in [7, 11) is -0.274. The van der Waals surface area contributed by atoms with Gasteiger partial charge in [0.15, 0.2) is 0 Å². The fourth-order valence-electron chi connectivity index (χ4n) is 1.80. The fourth-order valence-corrected chi connectivity index (χ4v) is 4.15. The van der Waals surface area contributed by atoms with E-state index in [1.807, 2.05) is 13.8 Å². The normalized spacial score (nSPS) is 12.3. The third-order valence-corrected chi connectivity index (χ3v) is 5.48. The van der Waals surface area contributed by atoms with Gasteiger partial charge in [-0.1, -0.05) is 13.8 Å². The molecular weight excluding hydrogens is 298 g/mol. The lowest BCUT2D eigenvalue weighted by molar-refractivity contribution is 0.356. The third-order valence-electron chi connectivity index (χ3n) is 2.79. The van der Waals surface area contributed by atoms with Gasteiger partial charge in [-0.2, -0.15) is 21.4 Å². The van der Waals surface area contributed by atoms with Gasteiger partial charge < -0.3 is 4.74 Å². The van der Waals surface area contributed by atoms with E-state index in [0.717, 1.165) is 17.7 Å². The minimum atomic E-state index is -3.42. The van der Waals surface area contributed by atoms with Crippen LogP contribution in [0.5, 0.6) is 5.88 Å². The summed E-state index contributed by atoms with van der Waals surface area (Å²) in [5, 5.41) is 0. The van der Waals surface area contributed by atoms with Gasteiger partial charge in [0.2, 0.25) is 5.88 Å². The maximum atomic E-state index is 12.5. The van der Waals surface area contributed by atoms with Crippen LogP contribution in [-0.2, 0) is 16.8 Å². The highest BCUT2D eigenvalue weighted by atomic mass is 32.2. The summed E-state index contributed by atoms with van der Waals surface area (Å²) < 4.78 is 37.0. The summed E-state index contributed by atoms with van der Waals surface area (Å²) in [4.78, 5) is 0.862. The Morgan fingerprint density at radius 3 is 2.35 bits per heavy atom. The largest absolute Gasteiger partial charge is 0.480 e. The zero-order chi connectivity index (χ0) is 15.2. The molecule has 1 rings (SSSR count). The standard InChI is InChI=1S/C12H23N3O3S2/c1-5-7-15(8-6-2)20(16,17)14(3)10-11-9-12(18-4)13-19-11/h9H,5-8,10H2,1-4H3. The molecule has 8 heteroatoms. The van der Waals surface area contributed by atoms with Gasteiger partial charge in [0.1, 0.15) is 0 Å². The molecule has 0 bridgehead atoms. The quantitative estimate of drug-likeness (QED) is 0.697. The van der Waals surface area contributed by atoms with Crippen molar-refractivity contribution in [3.05, 3.63) is 10.9 Å². The summed E-state index contributed by atoms with van der Waals surface area (Å²) in [6.45, 7) is 5.37. The van der Waals surface area contributed by atoms with E-state index in [-0.39, 0.29) is 0 Å². The van der Waals surface area contributed by atoms with Gasteiger partial charge in [0, 0.05) is 31.1 Å². The molecule has 0 atom stereocenters. The highest BCUT2D eigenvalue weighted by Crippen LogP contribution is 2.19. The number of ether oxygens (including phenoxy) is 1. The second-order valence-corrected chi connectivity index (χ2v) is 7.42. The lowest BCUT2D eigenvalue weighted by Crippen LogP contribution is -2.42. The molecule has 0 saturated carbocycles. The van der Waals surface area contributed by atoms with Gasteiger partial charge in [0.05, 0.1) is 13.7 Å². The van der Waals surface area contributed by atoms with Crippen molar-refractivity contribution in [2.45, 2.75) is 33.2 Å². The fraction of sp³-hybridized carbons (Fsp3) is 0.750. The lowest BCUT2D eigenvalue weighted by Gasteiger charge is -2.26. The molecule has 1 aromatic heterocycles. The second-order valence-electron chi connectivity index (χ2n) is 4.50. The van der Waals surface area contributed by atoms with E-state index in [1.165, 1.54) is 20.1 Å². The van der Waals surface area contributed by atoms with Crippen molar-refractivity contribution in [2.24, 2.45) is 0 Å². The van der Waals surface area contributed by atoms with Crippen LogP contribution >= 0.6 is 11.5 Å². The first kappa shape index (κ1) is 17.4. The predicted octanol–water partition coefficient (Wildman–Crippen LogP) is 1.95. The second kappa shape index (κ2) is 7.92. The van der Waals surface area contributed by atoms with Crippen LogP contribution in [0.3, 0.4) is 0 Å². The van der Waals surface area contributed by atoms with Crippen LogP contribution in [0, 0.1) is 0 Å². The molecule has 6 nitrogen and oxygen atoms in total. The van der Waals surface area contributed by atoms with E-state index in [2.05, 4.69) is 4.37 Å². The Morgan fingerprint density at radius 1 is 1.30 bits per heavy atom. The van der Waals surface area contributed by atoms with Gasteiger partial charge in [0.25, 0.3) is 10.2 Å². The van der Waals surface area contributed by atoms with Gasteiger partial charge in [-0.25, -0.2) is 0 Å². The van der Waals surface area contributed by atoms with Crippen LogP contribution < -0.4 is 4.74 Å². The van der Waals surface area contributed by atoms with E-state index in [4.69, 9.17) is 4.74 Å². The zero-order valence-corrected chi connectivity index (χ0v) is 14.1. The molecule has 116 valence electrons. The van der Waals surface area contributed by atoms with Gasteiger partial charge >= 0.3 is 0 Å². The maximum Gasteiger partial charge on any atom is 0.282 e. The van der Waals surface area contributed by atoms with Gasteiger partial charge in [-0.3, -0.25) is 0 Å². The molecule has 0 radical (unpaired) electrons. The molecular formula is C12H23N3O3S2. The van der Waals surface area contributed by atoms with Crippen molar-refractivity contribution in [1.82, 2.24) is 13.0 Å². The highest BCUT2D eigenvalue weighted by Gasteiger charge is 2.26. The molecule has 0 unspecified atom stereocenters. The Bertz CT molecular complexity index is 496. The highest BCUT2D eigenvalue weighted by molar-refractivity contribution is 7.86. The molecule has 0 aliphatic carbocycles. The summed E-state index contributed by atoms with van der Waals surface area (Å²) in [6, 6.07) is 1.76. The Balaban J connectivity index is 2.78. The number of aromatic nitrogens is 1. The smallest absolute Gasteiger partial charge is 0.282 e. The molecule has 0 fully saturated rings. The SMILES string of the molecule is CCCN(CCC)S(=O)(=O)N(C)Cc1cc(OC)ns1. The molecule has 0 saturated heterocycles. The molecule has 1 heterocycles. The van der Waals surface area contributed by atoms with Crippen molar-refractivity contribution in [1.29, 1.82) is 0 Å². The van der Waals surface area contributed by atoms with Crippen molar-refractivity contribution in [3.63, 3.8) is 0 Å². The topological polar surface area (TPSA) is 62.7 Å². The minimum absolute atomic E-state index is 0.313. The lowest BCUT2D eigenvalue weighted by atomic mass is 10.4. The molecule has 0 aromatic carbocycles. The number of methoxy groups -OCH3 is 1. The summed E-state index contributed by atoms with van der Waals surface area (Å²) >= 11 is 1.26. The molecule has 0 spiro atoms. The third kappa shape index (κ3) is 4.41. The maximum absolute atomic E-state index is 12.5. The van der Waals surface area contributed by atoms with Crippen molar-refractivity contribution >= 4 is 21.7 Å². The molecule has 1 aromatic rings. The molecule has 0 N–H and O–H groups in total. The summed E-state index contributed by atoms with van der Waals surface area (Å²) in [6.07, 6.45) is 1.61. The van der Waals surface area contributed by atoms with Crippen LogP contribution in [0.25, 0.3) is 0 Å². The summed E-state index contributed by atoms with van der Waals surface area (Å²) in [5.74, 6) is 0.523. The Hall–Kier alpha value is -0.700. The predicted molar refractivity (Wildman–Crippen MR) is 81.2 cm³/mol. The summed E-state index contributed by atoms with van der Waals surface area (Å²) in [5.41, 5.74) is 0. The van der Waals surface area contributed by atoms with E-state index >= 15 is 0 Å². The first-order valence-electron chi connectivity index (χ1n) is 6.66. The van der Waals surface area contributed by atoms with E-state index in [9.17, 15) is 8.42 Å². The van der Waals surface area contributed by atoms with E-state index in [0.29, 0.717) is 25.5 Å². The van der Waals surface area contributed by atoms with E-state index < -0.39 is 10.2 Å². The van der Waals surface area contributed by atoms with Crippen LogP contribution in [-0.4, -0.2) is 48.6 Å². The van der Waals surface area contributed by atoms with Crippen molar-refractivity contribution in [2.75, 3.05) is 27.2 Å². The minimum Gasteiger partial charge on any atom is -0.480 e. The number of rotatable bonds is 9. The van der Waals surface area contributed by atoms with Crippen LogP contribution in [0.1, 0.15) is 31.6 Å². The molecule has 0 aliphatic rings. The van der Waals surface area contributed by atoms with E-state index in [1.54, 1.807) is 20.2 Å². The van der Waals surface area contributed by atoms with Crippen molar-refractivity contribution in [3.8, 4) is 5.88 Å². The Labute approximate surface area is 125 Å².